The third-order valence-electron chi connectivity index (χ3n) is 2.53. The molecule has 2 N–H and O–H groups in total. The van der Waals surface area contributed by atoms with Crippen molar-refractivity contribution in [3.63, 3.8) is 0 Å². The molecule has 0 heterocycles. The first-order valence-electron chi connectivity index (χ1n) is 5.92. The number of rotatable bonds is 7. The summed E-state index contributed by atoms with van der Waals surface area (Å²) < 4.78 is 35.4. The van der Waals surface area contributed by atoms with Crippen LogP contribution in [0.4, 0.5) is 4.39 Å². The molecule has 1 aromatic carbocycles. The minimum absolute atomic E-state index is 0.0281. The maximum Gasteiger partial charge on any atom is 0.150 e. The van der Waals surface area contributed by atoms with Gasteiger partial charge in [-0.3, -0.25) is 0 Å². The molecule has 0 amide bonds. The molecule has 0 aliphatic heterocycles. The third kappa shape index (κ3) is 5.75. The molecule has 0 saturated heterocycles. The zero-order valence-electron chi connectivity index (χ0n) is 11.0. The Hall–Kier alpha value is -1.34. The van der Waals surface area contributed by atoms with Gasteiger partial charge in [0, 0.05) is 17.7 Å². The quantitative estimate of drug-likeness (QED) is 0.473. The van der Waals surface area contributed by atoms with Crippen molar-refractivity contribution >= 4 is 27.3 Å². The van der Waals surface area contributed by atoms with Crippen LogP contribution in [0.2, 0.25) is 5.02 Å². The van der Waals surface area contributed by atoms with Crippen LogP contribution < -0.4 is 5.73 Å². The minimum Gasteiger partial charge on any atom is -0.389 e. The van der Waals surface area contributed by atoms with Gasteiger partial charge >= 0.3 is 0 Å². The molecule has 0 radical (unpaired) electrons. The lowest BCUT2D eigenvalue weighted by molar-refractivity contribution is 0.129. The fraction of sp³-hybridized carbons (Fsp3) is 0.417. The number of amidine groups is 1. The zero-order valence-corrected chi connectivity index (χ0v) is 12.5. The molecule has 0 saturated carbocycles. The van der Waals surface area contributed by atoms with Gasteiger partial charge in [0.15, 0.2) is 0 Å². The second-order valence-corrected chi connectivity index (χ2v) is 6.96. The van der Waals surface area contributed by atoms with Gasteiger partial charge in [0.1, 0.15) is 28.1 Å². The van der Waals surface area contributed by atoms with Gasteiger partial charge in [-0.15, -0.1) is 0 Å². The Morgan fingerprint density at radius 3 is 2.80 bits per heavy atom. The molecule has 20 heavy (non-hydrogen) atoms. The number of oxime groups is 1. The van der Waals surface area contributed by atoms with E-state index >= 15 is 0 Å². The topological polar surface area (TPSA) is 81.8 Å². The average Bonchev–Trinajstić information content (AvgIpc) is 2.39. The van der Waals surface area contributed by atoms with Gasteiger partial charge < -0.3 is 10.6 Å². The van der Waals surface area contributed by atoms with E-state index in [1.54, 1.807) is 6.92 Å². The van der Waals surface area contributed by atoms with Crippen LogP contribution in [-0.4, -0.2) is 25.8 Å². The smallest absolute Gasteiger partial charge is 0.150 e. The van der Waals surface area contributed by atoms with E-state index in [9.17, 15) is 12.8 Å². The molecule has 0 aromatic heterocycles. The highest BCUT2D eigenvalue weighted by molar-refractivity contribution is 7.91. The summed E-state index contributed by atoms with van der Waals surface area (Å²) in [5.41, 5.74) is 6.09. The SMILES string of the molecule is CCS(=O)(=O)CCC(N)=NOCc1ccc(F)cc1Cl. The number of hydrogen-bond acceptors (Lipinski definition) is 4. The van der Waals surface area contributed by atoms with E-state index in [1.165, 1.54) is 18.2 Å². The molecule has 0 bridgehead atoms. The van der Waals surface area contributed by atoms with Crippen LogP contribution >= 0.6 is 11.6 Å². The van der Waals surface area contributed by atoms with Crippen molar-refractivity contribution in [1.82, 2.24) is 0 Å². The lowest BCUT2D eigenvalue weighted by Gasteiger charge is -2.04. The number of nitrogens with zero attached hydrogens (tertiary/aromatic N) is 1. The molecular formula is C12H16ClFN2O3S. The first kappa shape index (κ1) is 16.7. The summed E-state index contributed by atoms with van der Waals surface area (Å²) in [4.78, 5) is 4.96. The number of hydrogen-bond donors (Lipinski definition) is 1. The van der Waals surface area contributed by atoms with Gasteiger partial charge in [0.2, 0.25) is 0 Å². The van der Waals surface area contributed by atoms with Gasteiger partial charge in [0.05, 0.1) is 10.8 Å². The van der Waals surface area contributed by atoms with Gasteiger partial charge in [-0.1, -0.05) is 29.7 Å². The van der Waals surface area contributed by atoms with Crippen molar-refractivity contribution in [1.29, 1.82) is 0 Å². The van der Waals surface area contributed by atoms with Crippen molar-refractivity contribution < 1.29 is 17.6 Å². The summed E-state index contributed by atoms with van der Waals surface area (Å²) in [6, 6.07) is 3.90. The van der Waals surface area contributed by atoms with Crippen LogP contribution in [0, 0.1) is 5.82 Å². The fourth-order valence-corrected chi connectivity index (χ4v) is 2.30. The summed E-state index contributed by atoms with van der Waals surface area (Å²) in [6.45, 7) is 1.59. The van der Waals surface area contributed by atoms with Crippen LogP contribution in [0.3, 0.4) is 0 Å². The lowest BCUT2D eigenvalue weighted by Crippen LogP contribution is -2.19. The Morgan fingerprint density at radius 1 is 1.50 bits per heavy atom. The monoisotopic (exact) mass is 322 g/mol. The Morgan fingerprint density at radius 2 is 2.20 bits per heavy atom. The van der Waals surface area contributed by atoms with Gasteiger partial charge in [-0.05, 0) is 12.1 Å². The molecule has 0 aliphatic carbocycles. The molecule has 8 heteroatoms. The molecule has 0 aliphatic rings. The molecule has 112 valence electrons. The first-order valence-corrected chi connectivity index (χ1v) is 8.12. The molecular weight excluding hydrogens is 307 g/mol. The second kappa shape index (κ2) is 7.44. The minimum atomic E-state index is -3.08. The van der Waals surface area contributed by atoms with E-state index in [2.05, 4.69) is 5.16 Å². The maximum atomic E-state index is 12.8. The fourth-order valence-electron chi connectivity index (χ4n) is 1.27. The Balaban J connectivity index is 2.48. The number of benzene rings is 1. The second-order valence-electron chi connectivity index (χ2n) is 4.08. The highest BCUT2D eigenvalue weighted by Crippen LogP contribution is 2.18. The van der Waals surface area contributed by atoms with E-state index in [0.29, 0.717) is 5.56 Å². The molecule has 0 unspecified atom stereocenters. The third-order valence-corrected chi connectivity index (χ3v) is 4.58. The summed E-state index contributed by atoms with van der Waals surface area (Å²) in [7, 11) is -3.08. The predicted molar refractivity (Wildman–Crippen MR) is 76.8 cm³/mol. The summed E-state index contributed by atoms with van der Waals surface area (Å²) in [5.74, 6) is -0.363. The van der Waals surface area contributed by atoms with Crippen LogP contribution in [-0.2, 0) is 21.3 Å². The van der Waals surface area contributed by atoms with E-state index < -0.39 is 15.7 Å². The van der Waals surface area contributed by atoms with Crippen LogP contribution in [0.15, 0.2) is 23.4 Å². The van der Waals surface area contributed by atoms with E-state index in [-0.39, 0.29) is 35.4 Å². The van der Waals surface area contributed by atoms with Crippen LogP contribution in [0.5, 0.6) is 0 Å². The first-order chi connectivity index (χ1) is 9.34. The highest BCUT2D eigenvalue weighted by Gasteiger charge is 2.08. The predicted octanol–water partition coefficient (Wildman–Crippen LogP) is 2.09. The van der Waals surface area contributed by atoms with Gasteiger partial charge in [0.25, 0.3) is 0 Å². The van der Waals surface area contributed by atoms with Crippen molar-refractivity contribution in [2.24, 2.45) is 10.9 Å². The van der Waals surface area contributed by atoms with Crippen molar-refractivity contribution in [2.75, 3.05) is 11.5 Å². The Labute approximate surface area is 122 Å². The summed E-state index contributed by atoms with van der Waals surface area (Å²) in [5, 5.41) is 3.83. The highest BCUT2D eigenvalue weighted by atomic mass is 35.5. The molecule has 0 atom stereocenters. The Bertz CT molecular complexity index is 590. The standard InChI is InChI=1S/C12H16ClFN2O3S/c1-2-20(17,18)6-5-12(15)16-19-8-9-3-4-10(14)7-11(9)13/h3-4,7H,2,5-6,8H2,1H3,(H2,15,16). The van der Waals surface area contributed by atoms with Crippen molar-refractivity contribution in [3.8, 4) is 0 Å². The Kier molecular flexibility index (Phi) is 6.22. The zero-order chi connectivity index (χ0) is 15.2. The van der Waals surface area contributed by atoms with E-state index in [0.717, 1.165) is 0 Å². The number of halogens is 2. The van der Waals surface area contributed by atoms with Crippen molar-refractivity contribution in [2.45, 2.75) is 20.0 Å². The van der Waals surface area contributed by atoms with Crippen LogP contribution in [0.25, 0.3) is 0 Å². The number of nitrogens with two attached hydrogens (primary N) is 1. The summed E-state index contributed by atoms with van der Waals surface area (Å²) >= 11 is 5.81. The summed E-state index contributed by atoms with van der Waals surface area (Å²) in [6.07, 6.45) is 0.104. The van der Waals surface area contributed by atoms with Crippen LogP contribution in [0.1, 0.15) is 18.9 Å². The molecule has 1 rings (SSSR count). The van der Waals surface area contributed by atoms with Gasteiger partial charge in [-0.2, -0.15) is 0 Å². The number of sulfone groups is 1. The molecule has 5 nitrogen and oxygen atoms in total. The largest absolute Gasteiger partial charge is 0.389 e. The average molecular weight is 323 g/mol. The maximum absolute atomic E-state index is 12.8. The van der Waals surface area contributed by atoms with Crippen molar-refractivity contribution in [3.05, 3.63) is 34.6 Å². The lowest BCUT2D eigenvalue weighted by atomic mass is 10.2. The van der Waals surface area contributed by atoms with E-state index in [1.807, 2.05) is 0 Å². The van der Waals surface area contributed by atoms with E-state index in [4.69, 9.17) is 22.2 Å². The van der Waals surface area contributed by atoms with Gasteiger partial charge in [-0.25, -0.2) is 12.8 Å². The molecule has 1 aromatic rings. The molecule has 0 fully saturated rings. The normalized spacial score (nSPS) is 12.4. The molecule has 0 spiro atoms.